The van der Waals surface area contributed by atoms with Crippen LogP contribution in [0.15, 0.2) is 47.1 Å². The van der Waals surface area contributed by atoms with Crippen molar-refractivity contribution < 1.29 is 13.6 Å². The van der Waals surface area contributed by atoms with Gasteiger partial charge in [0.2, 0.25) is 0 Å². The Morgan fingerprint density at radius 2 is 1.69 bits per heavy atom. The number of imidazole rings is 1. The van der Waals surface area contributed by atoms with Crippen LogP contribution in [0.3, 0.4) is 0 Å². The van der Waals surface area contributed by atoms with Crippen LogP contribution in [0.2, 0.25) is 0 Å². The van der Waals surface area contributed by atoms with Crippen LogP contribution in [0.4, 0.5) is 4.39 Å². The molecule has 3 heterocycles. The molecule has 0 bridgehead atoms. The Balaban J connectivity index is 1.30. The molecule has 1 N–H and O–H groups in total. The van der Waals surface area contributed by atoms with Gasteiger partial charge in [0.05, 0.1) is 12.0 Å². The van der Waals surface area contributed by atoms with E-state index < -0.39 is 0 Å². The molecule has 1 saturated carbocycles. The second-order valence-corrected chi connectivity index (χ2v) is 10.2. The summed E-state index contributed by atoms with van der Waals surface area (Å²) in [7, 11) is 0. The molecule has 3 aromatic rings. The van der Waals surface area contributed by atoms with E-state index in [4.69, 9.17) is 9.40 Å². The maximum Gasteiger partial charge on any atom is 0.287 e. The average molecular weight is 493 g/mol. The number of furan rings is 1. The highest BCUT2D eigenvalue weighted by Gasteiger charge is 2.25. The summed E-state index contributed by atoms with van der Waals surface area (Å²) in [5.74, 6) is 0.456. The summed E-state index contributed by atoms with van der Waals surface area (Å²) in [4.78, 5) is 20.0. The highest BCUT2D eigenvalue weighted by Crippen LogP contribution is 2.38. The van der Waals surface area contributed by atoms with E-state index in [1.807, 2.05) is 12.4 Å². The van der Waals surface area contributed by atoms with Gasteiger partial charge >= 0.3 is 0 Å². The first-order valence-electron chi connectivity index (χ1n) is 13.6. The molecule has 0 radical (unpaired) electrons. The zero-order valence-electron chi connectivity index (χ0n) is 21.1. The van der Waals surface area contributed by atoms with Crippen molar-refractivity contribution in [3.63, 3.8) is 0 Å². The number of benzene rings is 1. The molecule has 192 valence electrons. The molecule has 1 aliphatic heterocycles. The summed E-state index contributed by atoms with van der Waals surface area (Å²) >= 11 is 0. The molecule has 0 atom stereocenters. The molecule has 7 heteroatoms. The quantitative estimate of drug-likeness (QED) is 0.367. The van der Waals surface area contributed by atoms with Crippen molar-refractivity contribution in [2.75, 3.05) is 26.2 Å². The minimum atomic E-state index is -0.278. The van der Waals surface area contributed by atoms with Gasteiger partial charge in [-0.05, 0) is 88.1 Å². The number of rotatable bonds is 8. The number of nitrogens with one attached hydrogen (secondary N) is 1. The molecule has 6 nitrogen and oxygen atoms in total. The number of amides is 1. The highest BCUT2D eigenvalue weighted by molar-refractivity contribution is 5.92. The summed E-state index contributed by atoms with van der Waals surface area (Å²) < 4.78 is 21.9. The number of halogens is 1. The zero-order chi connectivity index (χ0) is 24.7. The van der Waals surface area contributed by atoms with E-state index in [1.54, 1.807) is 18.2 Å². The molecule has 2 aliphatic rings. The summed E-state index contributed by atoms with van der Waals surface area (Å²) in [6.07, 6.45) is 13.8. The fourth-order valence-corrected chi connectivity index (χ4v) is 5.60. The lowest BCUT2D eigenvalue weighted by atomic mass is 9.95. The molecule has 2 fully saturated rings. The molecule has 5 rings (SSSR count). The lowest BCUT2D eigenvalue weighted by Crippen LogP contribution is -2.30. The SMILES string of the molecule is O=C(NCCCN1CCCCCC1)c1ccc(-c2c(-c3ccc(F)cc3)ncn2C2CCCCC2)o1. The highest BCUT2D eigenvalue weighted by atomic mass is 19.1. The summed E-state index contributed by atoms with van der Waals surface area (Å²) in [5, 5.41) is 3.02. The number of carbonyl (C=O) groups excluding carboxylic acids is 1. The fraction of sp³-hybridized carbons (Fsp3) is 0.517. The van der Waals surface area contributed by atoms with Gasteiger partial charge in [-0.2, -0.15) is 0 Å². The summed E-state index contributed by atoms with van der Waals surface area (Å²) in [6.45, 7) is 3.98. The van der Waals surface area contributed by atoms with Gasteiger partial charge in [0, 0.05) is 18.2 Å². The lowest BCUT2D eigenvalue weighted by molar-refractivity contribution is 0.0924. The Kier molecular flexibility index (Phi) is 8.16. The van der Waals surface area contributed by atoms with E-state index in [9.17, 15) is 9.18 Å². The maximum absolute atomic E-state index is 13.6. The largest absolute Gasteiger partial charge is 0.449 e. The van der Waals surface area contributed by atoms with Gasteiger partial charge in [-0.1, -0.05) is 32.1 Å². The number of aromatic nitrogens is 2. The Morgan fingerprint density at radius 1 is 0.972 bits per heavy atom. The minimum absolute atomic E-state index is 0.191. The van der Waals surface area contributed by atoms with Gasteiger partial charge in [-0.3, -0.25) is 4.79 Å². The molecule has 1 saturated heterocycles. The molecule has 1 amide bonds. The van der Waals surface area contributed by atoms with Crippen LogP contribution in [0, 0.1) is 5.82 Å². The van der Waals surface area contributed by atoms with Crippen LogP contribution >= 0.6 is 0 Å². The van der Waals surface area contributed by atoms with E-state index in [0.29, 0.717) is 24.1 Å². The molecule has 2 aromatic heterocycles. The normalized spacial score (nSPS) is 17.7. The number of hydrogen-bond acceptors (Lipinski definition) is 4. The Labute approximate surface area is 212 Å². The van der Waals surface area contributed by atoms with Crippen molar-refractivity contribution in [1.82, 2.24) is 19.8 Å². The molecule has 36 heavy (non-hydrogen) atoms. The molecule has 1 aliphatic carbocycles. The van der Waals surface area contributed by atoms with Crippen LogP contribution in [-0.2, 0) is 0 Å². The van der Waals surface area contributed by atoms with Crippen LogP contribution in [0.25, 0.3) is 22.7 Å². The Morgan fingerprint density at radius 3 is 2.44 bits per heavy atom. The first kappa shape index (κ1) is 24.8. The predicted octanol–water partition coefficient (Wildman–Crippen LogP) is 6.45. The third-order valence-corrected chi connectivity index (χ3v) is 7.58. The monoisotopic (exact) mass is 492 g/mol. The van der Waals surface area contributed by atoms with Crippen molar-refractivity contribution in [3.8, 4) is 22.7 Å². The van der Waals surface area contributed by atoms with Gasteiger partial charge < -0.3 is 19.2 Å². The van der Waals surface area contributed by atoms with Crippen molar-refractivity contribution >= 4 is 5.91 Å². The third-order valence-electron chi connectivity index (χ3n) is 7.58. The van der Waals surface area contributed by atoms with E-state index >= 15 is 0 Å². The standard InChI is InChI=1S/C29H37FN4O2/c30-23-13-11-22(12-14-23)27-28(34(21-32-27)24-9-4-3-5-10-24)25-15-16-26(36-25)29(35)31-17-8-20-33-18-6-1-2-7-19-33/h11-16,21,24H,1-10,17-20H2,(H,31,35). The van der Waals surface area contributed by atoms with Gasteiger partial charge in [-0.15, -0.1) is 0 Å². The molecule has 0 unspecified atom stereocenters. The Bertz CT molecular complexity index is 1120. The Hall–Kier alpha value is -2.93. The van der Waals surface area contributed by atoms with E-state index in [0.717, 1.165) is 42.8 Å². The number of likely N-dealkylation sites (tertiary alicyclic amines) is 1. The van der Waals surface area contributed by atoms with Crippen LogP contribution < -0.4 is 5.32 Å². The fourth-order valence-electron chi connectivity index (χ4n) is 5.60. The van der Waals surface area contributed by atoms with Crippen LogP contribution in [0.5, 0.6) is 0 Å². The molecular weight excluding hydrogens is 455 g/mol. The summed E-state index contributed by atoms with van der Waals surface area (Å²) in [6, 6.07) is 10.3. The summed E-state index contributed by atoms with van der Waals surface area (Å²) in [5.41, 5.74) is 2.44. The second kappa shape index (κ2) is 11.9. The van der Waals surface area contributed by atoms with Crippen molar-refractivity contribution in [3.05, 3.63) is 54.3 Å². The lowest BCUT2D eigenvalue weighted by Gasteiger charge is -2.24. The number of hydrogen-bond donors (Lipinski definition) is 1. The number of nitrogens with zero attached hydrogens (tertiary/aromatic N) is 3. The minimum Gasteiger partial charge on any atom is -0.449 e. The second-order valence-electron chi connectivity index (χ2n) is 10.2. The molecular formula is C29H37FN4O2. The van der Waals surface area contributed by atoms with E-state index in [2.05, 4.69) is 14.8 Å². The number of carbonyl (C=O) groups is 1. The smallest absolute Gasteiger partial charge is 0.287 e. The van der Waals surface area contributed by atoms with E-state index in [1.165, 1.54) is 70.2 Å². The van der Waals surface area contributed by atoms with Crippen molar-refractivity contribution in [2.24, 2.45) is 0 Å². The predicted molar refractivity (Wildman–Crippen MR) is 139 cm³/mol. The van der Waals surface area contributed by atoms with Gasteiger partial charge in [0.25, 0.3) is 5.91 Å². The van der Waals surface area contributed by atoms with Crippen LogP contribution in [0.1, 0.15) is 80.8 Å². The van der Waals surface area contributed by atoms with Crippen molar-refractivity contribution in [2.45, 2.75) is 70.3 Å². The zero-order valence-corrected chi connectivity index (χ0v) is 21.1. The average Bonchev–Trinajstić information content (AvgIpc) is 3.49. The molecule has 0 spiro atoms. The van der Waals surface area contributed by atoms with Crippen LogP contribution in [-0.4, -0.2) is 46.5 Å². The topological polar surface area (TPSA) is 63.3 Å². The first-order chi connectivity index (χ1) is 17.7. The van der Waals surface area contributed by atoms with Gasteiger partial charge in [-0.25, -0.2) is 9.37 Å². The van der Waals surface area contributed by atoms with Gasteiger partial charge in [0.15, 0.2) is 11.5 Å². The third kappa shape index (κ3) is 5.89. The van der Waals surface area contributed by atoms with Gasteiger partial charge in [0.1, 0.15) is 11.5 Å². The maximum atomic E-state index is 13.6. The van der Waals surface area contributed by atoms with E-state index in [-0.39, 0.29) is 11.7 Å². The first-order valence-corrected chi connectivity index (χ1v) is 13.6. The van der Waals surface area contributed by atoms with Crippen molar-refractivity contribution in [1.29, 1.82) is 0 Å². The molecule has 1 aromatic carbocycles.